The minimum absolute atomic E-state index is 0. The standard InChI is InChI=1S/C21H19N3O4.ClH/c1-26-17-8-12(11-25)18(20(28-3)19(17)27-2)16-10-23-21(24-16)14-9-22-15-7-5-4-6-13(14)15;/h4-11,22H,1-3H3,(H,23,24);1H. The zero-order valence-electron chi connectivity index (χ0n) is 16.1. The van der Waals surface area contributed by atoms with E-state index in [1.165, 1.54) is 21.3 Å². The Bertz CT molecular complexity index is 1170. The Morgan fingerprint density at radius 2 is 1.79 bits per heavy atom. The van der Waals surface area contributed by atoms with Crippen LogP contribution >= 0.6 is 12.4 Å². The Labute approximate surface area is 173 Å². The molecule has 4 aromatic rings. The number of rotatable bonds is 6. The van der Waals surface area contributed by atoms with Gasteiger partial charge in [0.25, 0.3) is 0 Å². The molecule has 8 heteroatoms. The number of imidazole rings is 1. The molecule has 2 heterocycles. The summed E-state index contributed by atoms with van der Waals surface area (Å²) in [7, 11) is 4.55. The zero-order chi connectivity index (χ0) is 19.7. The van der Waals surface area contributed by atoms with Crippen LogP contribution in [-0.4, -0.2) is 42.6 Å². The summed E-state index contributed by atoms with van der Waals surface area (Å²) < 4.78 is 16.3. The molecule has 29 heavy (non-hydrogen) atoms. The molecule has 0 aliphatic heterocycles. The van der Waals surface area contributed by atoms with Crippen LogP contribution in [-0.2, 0) is 0 Å². The number of nitrogens with zero attached hydrogens (tertiary/aromatic N) is 1. The van der Waals surface area contributed by atoms with Gasteiger partial charge in [0.2, 0.25) is 5.75 Å². The number of ether oxygens (including phenoxy) is 3. The number of methoxy groups -OCH3 is 3. The van der Waals surface area contributed by atoms with E-state index in [1.54, 1.807) is 12.3 Å². The van der Waals surface area contributed by atoms with Gasteiger partial charge in [0.05, 0.1) is 38.8 Å². The Balaban J connectivity index is 0.00000240. The van der Waals surface area contributed by atoms with Gasteiger partial charge in [-0.15, -0.1) is 12.4 Å². The van der Waals surface area contributed by atoms with E-state index in [2.05, 4.69) is 15.0 Å². The number of nitrogens with one attached hydrogen (secondary N) is 2. The lowest BCUT2D eigenvalue weighted by Gasteiger charge is -2.16. The molecule has 0 radical (unpaired) electrons. The summed E-state index contributed by atoms with van der Waals surface area (Å²) in [5, 5.41) is 1.05. The Kier molecular flexibility index (Phi) is 5.79. The molecule has 0 saturated heterocycles. The van der Waals surface area contributed by atoms with Crippen molar-refractivity contribution in [2.75, 3.05) is 21.3 Å². The van der Waals surface area contributed by atoms with Crippen molar-refractivity contribution in [1.82, 2.24) is 15.0 Å². The second-order valence-electron chi connectivity index (χ2n) is 6.12. The molecule has 7 nitrogen and oxygen atoms in total. The van der Waals surface area contributed by atoms with Gasteiger partial charge >= 0.3 is 0 Å². The maximum atomic E-state index is 11.8. The molecule has 2 aromatic heterocycles. The smallest absolute Gasteiger partial charge is 0.204 e. The molecule has 0 amide bonds. The van der Waals surface area contributed by atoms with Gasteiger partial charge < -0.3 is 24.2 Å². The fourth-order valence-corrected chi connectivity index (χ4v) is 3.40. The summed E-state index contributed by atoms with van der Waals surface area (Å²) >= 11 is 0. The zero-order valence-corrected chi connectivity index (χ0v) is 16.9. The van der Waals surface area contributed by atoms with Gasteiger partial charge in [-0.2, -0.15) is 0 Å². The van der Waals surface area contributed by atoms with Gasteiger partial charge in [-0.05, 0) is 12.1 Å². The van der Waals surface area contributed by atoms with Crippen LogP contribution in [0, 0.1) is 0 Å². The number of para-hydroxylation sites is 1. The summed E-state index contributed by atoms with van der Waals surface area (Å²) in [6.45, 7) is 0. The predicted molar refractivity (Wildman–Crippen MR) is 114 cm³/mol. The Morgan fingerprint density at radius 1 is 1.03 bits per heavy atom. The number of aromatic nitrogens is 3. The van der Waals surface area contributed by atoms with Crippen molar-refractivity contribution < 1.29 is 19.0 Å². The van der Waals surface area contributed by atoms with E-state index in [9.17, 15) is 4.79 Å². The first-order valence-electron chi connectivity index (χ1n) is 8.61. The molecule has 0 unspecified atom stereocenters. The summed E-state index contributed by atoms with van der Waals surface area (Å²) in [6, 6.07) is 9.60. The summed E-state index contributed by atoms with van der Waals surface area (Å²) in [4.78, 5) is 22.8. The van der Waals surface area contributed by atoms with Crippen molar-refractivity contribution in [3.05, 3.63) is 48.3 Å². The monoisotopic (exact) mass is 413 g/mol. The molecule has 0 bridgehead atoms. The third kappa shape index (κ3) is 3.30. The largest absolute Gasteiger partial charge is 0.493 e. The third-order valence-electron chi connectivity index (χ3n) is 4.68. The van der Waals surface area contributed by atoms with Crippen LogP contribution in [0.3, 0.4) is 0 Å². The second-order valence-corrected chi connectivity index (χ2v) is 6.12. The quantitative estimate of drug-likeness (QED) is 0.455. The van der Waals surface area contributed by atoms with Crippen molar-refractivity contribution >= 4 is 29.6 Å². The molecule has 0 saturated carbocycles. The number of hydrogen-bond donors (Lipinski definition) is 2. The molecular formula is C21H20ClN3O4. The molecule has 0 fully saturated rings. The Morgan fingerprint density at radius 3 is 2.48 bits per heavy atom. The van der Waals surface area contributed by atoms with E-state index in [0.29, 0.717) is 39.9 Å². The number of carbonyl (C=O) groups is 1. The van der Waals surface area contributed by atoms with Gasteiger partial charge in [-0.25, -0.2) is 4.98 Å². The van der Waals surface area contributed by atoms with Gasteiger partial charge in [-0.1, -0.05) is 18.2 Å². The highest BCUT2D eigenvalue weighted by Gasteiger charge is 2.23. The molecular weight excluding hydrogens is 394 g/mol. The second kappa shape index (κ2) is 8.28. The van der Waals surface area contributed by atoms with Crippen molar-refractivity contribution in [3.8, 4) is 39.9 Å². The minimum atomic E-state index is 0. The van der Waals surface area contributed by atoms with E-state index >= 15 is 0 Å². The van der Waals surface area contributed by atoms with Gasteiger partial charge in [0.1, 0.15) is 5.82 Å². The van der Waals surface area contributed by atoms with E-state index in [1.807, 2.05) is 30.5 Å². The highest BCUT2D eigenvalue weighted by Crippen LogP contribution is 2.46. The molecule has 0 spiro atoms. The average Bonchev–Trinajstić information content (AvgIpc) is 3.38. The van der Waals surface area contributed by atoms with Crippen LogP contribution in [0.4, 0.5) is 0 Å². The van der Waals surface area contributed by atoms with E-state index in [0.717, 1.165) is 22.8 Å². The predicted octanol–water partition coefficient (Wildman–Crippen LogP) is 4.49. The van der Waals surface area contributed by atoms with Gasteiger partial charge in [0.15, 0.2) is 17.8 Å². The van der Waals surface area contributed by atoms with Crippen LogP contribution < -0.4 is 14.2 Å². The van der Waals surface area contributed by atoms with Crippen LogP contribution in [0.5, 0.6) is 17.2 Å². The number of H-pyrrole nitrogens is 2. The molecule has 2 N–H and O–H groups in total. The molecule has 0 atom stereocenters. The Hall–Kier alpha value is -3.45. The highest BCUT2D eigenvalue weighted by molar-refractivity contribution is 5.95. The normalized spacial score (nSPS) is 10.4. The molecule has 150 valence electrons. The molecule has 2 aromatic carbocycles. The number of hydrogen-bond acceptors (Lipinski definition) is 5. The first-order valence-corrected chi connectivity index (χ1v) is 8.61. The number of aldehydes is 1. The van der Waals surface area contributed by atoms with Crippen molar-refractivity contribution in [1.29, 1.82) is 0 Å². The van der Waals surface area contributed by atoms with E-state index in [4.69, 9.17) is 14.2 Å². The number of halogens is 1. The number of carbonyl (C=O) groups excluding carboxylic acids is 1. The topological polar surface area (TPSA) is 89.2 Å². The maximum Gasteiger partial charge on any atom is 0.204 e. The molecule has 0 aliphatic rings. The summed E-state index contributed by atoms with van der Waals surface area (Å²) in [6.07, 6.45) is 4.33. The average molecular weight is 414 g/mol. The van der Waals surface area contributed by atoms with Crippen molar-refractivity contribution in [2.45, 2.75) is 0 Å². The lowest BCUT2D eigenvalue weighted by atomic mass is 10.0. The van der Waals surface area contributed by atoms with E-state index in [-0.39, 0.29) is 12.4 Å². The van der Waals surface area contributed by atoms with E-state index < -0.39 is 0 Å². The minimum Gasteiger partial charge on any atom is -0.493 e. The third-order valence-corrected chi connectivity index (χ3v) is 4.68. The fraction of sp³-hybridized carbons (Fsp3) is 0.143. The number of fused-ring (bicyclic) bond motifs is 1. The highest BCUT2D eigenvalue weighted by atomic mass is 35.5. The van der Waals surface area contributed by atoms with Crippen molar-refractivity contribution in [2.24, 2.45) is 0 Å². The first-order chi connectivity index (χ1) is 13.7. The molecule has 4 rings (SSSR count). The van der Waals surface area contributed by atoms with Crippen LogP contribution in [0.1, 0.15) is 10.4 Å². The van der Waals surface area contributed by atoms with Crippen LogP contribution in [0.2, 0.25) is 0 Å². The first kappa shape index (κ1) is 20.3. The maximum absolute atomic E-state index is 11.8. The van der Waals surface area contributed by atoms with Crippen LogP contribution in [0.25, 0.3) is 33.5 Å². The van der Waals surface area contributed by atoms with Gasteiger partial charge in [0, 0.05) is 28.2 Å². The number of aromatic amines is 2. The summed E-state index contributed by atoms with van der Waals surface area (Å²) in [5.74, 6) is 1.91. The lowest BCUT2D eigenvalue weighted by molar-refractivity contribution is 0.112. The fourth-order valence-electron chi connectivity index (χ4n) is 3.40. The molecule has 0 aliphatic carbocycles. The van der Waals surface area contributed by atoms with Crippen LogP contribution in [0.15, 0.2) is 42.7 Å². The van der Waals surface area contributed by atoms with Crippen molar-refractivity contribution in [3.63, 3.8) is 0 Å². The SMILES string of the molecule is COc1cc(C=O)c(-c2cnc(-c3c[nH]c4ccccc34)[nH]2)c(OC)c1OC.Cl. The summed E-state index contributed by atoms with van der Waals surface area (Å²) in [5.41, 5.74) is 3.57. The van der Waals surface area contributed by atoms with Gasteiger partial charge in [-0.3, -0.25) is 4.79 Å². The number of benzene rings is 2. The lowest BCUT2D eigenvalue weighted by Crippen LogP contribution is -2.00.